The zero-order valence-electron chi connectivity index (χ0n) is 14.2. The number of nitrogens with one attached hydrogen (secondary N) is 1. The molecule has 0 aliphatic rings. The molecule has 0 aliphatic carbocycles. The molecule has 0 bridgehead atoms. The molecule has 0 unspecified atom stereocenters. The fourth-order valence-corrected chi connectivity index (χ4v) is 2.49. The molecule has 122 valence electrons. The van der Waals surface area contributed by atoms with E-state index in [1.54, 1.807) is 6.92 Å². The maximum atomic E-state index is 12.6. The quantitative estimate of drug-likeness (QED) is 0.901. The number of carbonyl (C=O) groups excluding carboxylic acids is 1. The standard InChI is InChI=1S/C19H23NO3/c1-5-6-10-17-18(16(21)11-13(3)23-17)19(22)20-15-9-7-8-12(2)14(15)4/h7-9,11H,5-6,10H2,1-4H3,(H,20,22). The van der Waals surface area contributed by atoms with Crippen LogP contribution < -0.4 is 10.7 Å². The van der Waals surface area contributed by atoms with Crippen LogP contribution in [-0.2, 0) is 6.42 Å². The molecule has 1 aromatic carbocycles. The second kappa shape index (κ2) is 7.27. The van der Waals surface area contributed by atoms with Crippen molar-refractivity contribution in [3.63, 3.8) is 0 Å². The minimum Gasteiger partial charge on any atom is -0.465 e. The Kier molecular flexibility index (Phi) is 5.37. The van der Waals surface area contributed by atoms with Gasteiger partial charge in [-0.2, -0.15) is 0 Å². The third kappa shape index (κ3) is 3.89. The van der Waals surface area contributed by atoms with E-state index in [1.807, 2.05) is 32.0 Å². The summed E-state index contributed by atoms with van der Waals surface area (Å²) in [6.45, 7) is 7.71. The van der Waals surface area contributed by atoms with Crippen LogP contribution in [0.5, 0.6) is 0 Å². The number of unbranched alkanes of at least 4 members (excludes halogenated alkanes) is 1. The normalized spacial score (nSPS) is 10.6. The fraction of sp³-hybridized carbons (Fsp3) is 0.368. The summed E-state index contributed by atoms with van der Waals surface area (Å²) >= 11 is 0. The summed E-state index contributed by atoms with van der Waals surface area (Å²) in [6.07, 6.45) is 2.43. The molecular formula is C19H23NO3. The molecule has 0 saturated carbocycles. The molecule has 1 amide bonds. The Morgan fingerprint density at radius 2 is 1.96 bits per heavy atom. The Bertz CT molecular complexity index is 775. The highest BCUT2D eigenvalue weighted by molar-refractivity contribution is 6.05. The van der Waals surface area contributed by atoms with Gasteiger partial charge < -0.3 is 9.73 Å². The number of carbonyl (C=O) groups is 1. The predicted molar refractivity (Wildman–Crippen MR) is 92.2 cm³/mol. The first kappa shape index (κ1) is 17.0. The first-order valence-corrected chi connectivity index (χ1v) is 7.95. The summed E-state index contributed by atoms with van der Waals surface area (Å²) in [4.78, 5) is 24.9. The van der Waals surface area contributed by atoms with Gasteiger partial charge in [-0.25, -0.2) is 0 Å². The van der Waals surface area contributed by atoms with E-state index in [0.29, 0.717) is 17.9 Å². The van der Waals surface area contributed by atoms with Gasteiger partial charge in [-0.3, -0.25) is 9.59 Å². The molecule has 0 spiro atoms. The topological polar surface area (TPSA) is 59.3 Å². The SMILES string of the molecule is CCCCc1oc(C)cc(=O)c1C(=O)Nc1cccc(C)c1C. The average Bonchev–Trinajstić information content (AvgIpc) is 2.49. The van der Waals surface area contributed by atoms with Crippen molar-refractivity contribution in [1.82, 2.24) is 0 Å². The maximum Gasteiger partial charge on any atom is 0.263 e. The van der Waals surface area contributed by atoms with Crippen molar-refractivity contribution >= 4 is 11.6 Å². The van der Waals surface area contributed by atoms with Crippen LogP contribution in [0.25, 0.3) is 0 Å². The Morgan fingerprint density at radius 1 is 1.22 bits per heavy atom. The lowest BCUT2D eigenvalue weighted by atomic mass is 10.1. The molecule has 1 N–H and O–H groups in total. The molecule has 1 heterocycles. The Morgan fingerprint density at radius 3 is 2.65 bits per heavy atom. The van der Waals surface area contributed by atoms with Crippen LogP contribution >= 0.6 is 0 Å². The highest BCUT2D eigenvalue weighted by Crippen LogP contribution is 2.19. The Balaban J connectivity index is 2.38. The molecule has 4 heteroatoms. The van der Waals surface area contributed by atoms with E-state index in [0.717, 1.165) is 29.7 Å². The van der Waals surface area contributed by atoms with Gasteiger partial charge in [-0.1, -0.05) is 25.5 Å². The molecule has 23 heavy (non-hydrogen) atoms. The van der Waals surface area contributed by atoms with Gasteiger partial charge in [-0.15, -0.1) is 0 Å². The summed E-state index contributed by atoms with van der Waals surface area (Å²) in [6, 6.07) is 7.07. The third-order valence-electron chi connectivity index (χ3n) is 3.98. The number of anilines is 1. The van der Waals surface area contributed by atoms with Gasteiger partial charge in [-0.05, 0) is 44.4 Å². The monoisotopic (exact) mass is 313 g/mol. The summed E-state index contributed by atoms with van der Waals surface area (Å²) in [5, 5.41) is 2.85. The van der Waals surface area contributed by atoms with E-state index in [1.165, 1.54) is 6.07 Å². The van der Waals surface area contributed by atoms with Gasteiger partial charge >= 0.3 is 0 Å². The van der Waals surface area contributed by atoms with E-state index < -0.39 is 5.91 Å². The number of hydrogen-bond acceptors (Lipinski definition) is 3. The van der Waals surface area contributed by atoms with E-state index in [9.17, 15) is 9.59 Å². The van der Waals surface area contributed by atoms with Crippen molar-refractivity contribution in [3.05, 3.63) is 62.7 Å². The van der Waals surface area contributed by atoms with Gasteiger partial charge in [0.25, 0.3) is 5.91 Å². The maximum absolute atomic E-state index is 12.6. The van der Waals surface area contributed by atoms with Crippen molar-refractivity contribution in [2.75, 3.05) is 5.32 Å². The third-order valence-corrected chi connectivity index (χ3v) is 3.98. The van der Waals surface area contributed by atoms with E-state index in [4.69, 9.17) is 4.42 Å². The first-order chi connectivity index (χ1) is 10.9. The van der Waals surface area contributed by atoms with Crippen LogP contribution in [0.3, 0.4) is 0 Å². The first-order valence-electron chi connectivity index (χ1n) is 7.95. The molecule has 2 rings (SSSR count). The summed E-state index contributed by atoms with van der Waals surface area (Å²) in [7, 11) is 0. The number of aryl methyl sites for hydroxylation is 3. The average molecular weight is 313 g/mol. The summed E-state index contributed by atoms with van der Waals surface area (Å²) < 4.78 is 5.64. The van der Waals surface area contributed by atoms with Crippen molar-refractivity contribution in [3.8, 4) is 0 Å². The van der Waals surface area contributed by atoms with Gasteiger partial charge in [0.15, 0.2) is 5.43 Å². The number of amides is 1. The van der Waals surface area contributed by atoms with Crippen molar-refractivity contribution in [1.29, 1.82) is 0 Å². The molecule has 0 atom stereocenters. The lowest BCUT2D eigenvalue weighted by molar-refractivity contribution is 0.102. The number of rotatable bonds is 5. The Labute approximate surface area is 136 Å². The van der Waals surface area contributed by atoms with Gasteiger partial charge in [0.1, 0.15) is 17.1 Å². The summed E-state index contributed by atoms with van der Waals surface area (Å²) in [5.74, 6) is 0.600. The minimum absolute atomic E-state index is 0.116. The highest BCUT2D eigenvalue weighted by atomic mass is 16.3. The molecule has 0 fully saturated rings. The van der Waals surface area contributed by atoms with E-state index in [2.05, 4.69) is 12.2 Å². The largest absolute Gasteiger partial charge is 0.465 e. The lowest BCUT2D eigenvalue weighted by Crippen LogP contribution is -2.24. The van der Waals surface area contributed by atoms with Crippen molar-refractivity contribution < 1.29 is 9.21 Å². The molecule has 4 nitrogen and oxygen atoms in total. The van der Waals surface area contributed by atoms with Crippen molar-refractivity contribution in [2.24, 2.45) is 0 Å². The number of hydrogen-bond donors (Lipinski definition) is 1. The number of benzene rings is 1. The van der Waals surface area contributed by atoms with Crippen LogP contribution in [-0.4, -0.2) is 5.91 Å². The lowest BCUT2D eigenvalue weighted by Gasteiger charge is -2.12. The molecule has 0 aliphatic heterocycles. The van der Waals surface area contributed by atoms with Gasteiger partial charge in [0, 0.05) is 18.2 Å². The molecule has 2 aromatic rings. The Hall–Kier alpha value is -2.36. The summed E-state index contributed by atoms with van der Waals surface area (Å²) in [5.41, 5.74) is 2.63. The van der Waals surface area contributed by atoms with Gasteiger partial charge in [0.2, 0.25) is 0 Å². The van der Waals surface area contributed by atoms with E-state index in [-0.39, 0.29) is 11.0 Å². The van der Waals surface area contributed by atoms with Crippen LogP contribution in [0.1, 0.15) is 52.8 Å². The second-order valence-electron chi connectivity index (χ2n) is 5.82. The zero-order chi connectivity index (χ0) is 17.0. The zero-order valence-corrected chi connectivity index (χ0v) is 14.2. The van der Waals surface area contributed by atoms with Crippen molar-refractivity contribution in [2.45, 2.75) is 47.0 Å². The van der Waals surface area contributed by atoms with Crippen LogP contribution in [0.15, 0.2) is 33.5 Å². The fourth-order valence-electron chi connectivity index (χ4n) is 2.49. The highest BCUT2D eigenvalue weighted by Gasteiger charge is 2.19. The second-order valence-corrected chi connectivity index (χ2v) is 5.82. The molecule has 0 saturated heterocycles. The van der Waals surface area contributed by atoms with Crippen LogP contribution in [0.2, 0.25) is 0 Å². The van der Waals surface area contributed by atoms with E-state index >= 15 is 0 Å². The molecule has 1 aromatic heterocycles. The van der Waals surface area contributed by atoms with Crippen LogP contribution in [0, 0.1) is 20.8 Å². The smallest absolute Gasteiger partial charge is 0.263 e. The van der Waals surface area contributed by atoms with Gasteiger partial charge in [0.05, 0.1) is 0 Å². The minimum atomic E-state index is -0.404. The van der Waals surface area contributed by atoms with Crippen LogP contribution in [0.4, 0.5) is 5.69 Å². The molecular weight excluding hydrogens is 290 g/mol. The predicted octanol–water partition coefficient (Wildman–Crippen LogP) is 4.16. The molecule has 0 radical (unpaired) electrons.